The van der Waals surface area contributed by atoms with Crippen molar-refractivity contribution in [3.63, 3.8) is 0 Å². The number of aliphatic hydroxyl groups excluding tert-OH is 1. The second-order valence-corrected chi connectivity index (χ2v) is 5.71. The maximum absolute atomic E-state index is 8.81. The summed E-state index contributed by atoms with van der Waals surface area (Å²) < 4.78 is 11.3. The Morgan fingerprint density at radius 1 is 1.17 bits per heavy atom. The summed E-state index contributed by atoms with van der Waals surface area (Å²) >= 11 is 0. The molecule has 1 N–H and O–H groups in total. The largest absolute Gasteiger partial charge is 0.474 e. The molecular weight excluding hydrogens is 308 g/mol. The average molecular weight is 330 g/mol. The van der Waals surface area contributed by atoms with E-state index in [1.807, 2.05) is 25.1 Å². The number of hydrogen-bond donors (Lipinski definition) is 1. The first-order valence-corrected chi connectivity index (χ1v) is 8.15. The highest BCUT2D eigenvalue weighted by atomic mass is 16.5. The predicted octanol–water partition coefficient (Wildman–Crippen LogP) is 1.60. The number of nitrogens with zero attached hydrogens (tertiary/aromatic N) is 4. The van der Waals surface area contributed by atoms with Gasteiger partial charge in [0, 0.05) is 37.7 Å². The molecule has 7 heteroatoms. The molecule has 1 aliphatic rings. The first-order chi connectivity index (χ1) is 11.7. The Balaban J connectivity index is 1.55. The SMILES string of the molecule is Cc1cccc(OC2CCN(c3cncc(OCCO)n3)CC2)n1. The Morgan fingerprint density at radius 3 is 2.75 bits per heavy atom. The van der Waals surface area contributed by atoms with Crippen molar-refractivity contribution in [1.82, 2.24) is 15.0 Å². The summed E-state index contributed by atoms with van der Waals surface area (Å²) in [7, 11) is 0. The van der Waals surface area contributed by atoms with Crippen molar-refractivity contribution >= 4 is 5.82 Å². The number of hydrogen-bond acceptors (Lipinski definition) is 7. The molecule has 0 aliphatic carbocycles. The van der Waals surface area contributed by atoms with Gasteiger partial charge < -0.3 is 19.5 Å². The highest BCUT2D eigenvalue weighted by Crippen LogP contribution is 2.22. The summed E-state index contributed by atoms with van der Waals surface area (Å²) in [4.78, 5) is 15.1. The van der Waals surface area contributed by atoms with Gasteiger partial charge in [-0.3, -0.25) is 4.98 Å². The Kier molecular flexibility index (Phi) is 5.43. The smallest absolute Gasteiger partial charge is 0.234 e. The van der Waals surface area contributed by atoms with Gasteiger partial charge in [0.2, 0.25) is 11.8 Å². The lowest BCUT2D eigenvalue weighted by atomic mass is 10.1. The van der Waals surface area contributed by atoms with Gasteiger partial charge in [0.05, 0.1) is 19.0 Å². The Labute approximate surface area is 141 Å². The van der Waals surface area contributed by atoms with Gasteiger partial charge in [-0.05, 0) is 13.0 Å². The first-order valence-electron chi connectivity index (χ1n) is 8.15. The third kappa shape index (κ3) is 4.32. The van der Waals surface area contributed by atoms with Gasteiger partial charge in [-0.2, -0.15) is 4.98 Å². The van der Waals surface area contributed by atoms with E-state index in [2.05, 4.69) is 19.9 Å². The Bertz CT molecular complexity index is 660. The Hall–Kier alpha value is -2.41. The van der Waals surface area contributed by atoms with Crippen molar-refractivity contribution in [2.24, 2.45) is 0 Å². The van der Waals surface area contributed by atoms with Crippen LogP contribution in [0, 0.1) is 6.92 Å². The van der Waals surface area contributed by atoms with Crippen molar-refractivity contribution in [1.29, 1.82) is 0 Å². The minimum absolute atomic E-state index is 0.0400. The summed E-state index contributed by atoms with van der Waals surface area (Å²) in [5.74, 6) is 1.91. The van der Waals surface area contributed by atoms with E-state index in [9.17, 15) is 0 Å². The van der Waals surface area contributed by atoms with Gasteiger partial charge in [-0.1, -0.05) is 6.07 Å². The van der Waals surface area contributed by atoms with E-state index in [1.54, 1.807) is 12.4 Å². The van der Waals surface area contributed by atoms with Crippen LogP contribution in [0.25, 0.3) is 0 Å². The molecule has 128 valence electrons. The van der Waals surface area contributed by atoms with Gasteiger partial charge in [0.15, 0.2) is 5.82 Å². The molecule has 2 aromatic heterocycles. The predicted molar refractivity (Wildman–Crippen MR) is 89.4 cm³/mol. The van der Waals surface area contributed by atoms with Crippen LogP contribution in [-0.2, 0) is 0 Å². The van der Waals surface area contributed by atoms with Crippen LogP contribution in [-0.4, -0.2) is 52.5 Å². The van der Waals surface area contributed by atoms with E-state index in [1.165, 1.54) is 0 Å². The molecule has 24 heavy (non-hydrogen) atoms. The lowest BCUT2D eigenvalue weighted by molar-refractivity contribution is 0.163. The van der Waals surface area contributed by atoms with Crippen LogP contribution in [0.2, 0.25) is 0 Å². The second-order valence-electron chi connectivity index (χ2n) is 5.71. The molecule has 1 fully saturated rings. The van der Waals surface area contributed by atoms with Gasteiger partial charge in [-0.15, -0.1) is 0 Å². The number of aromatic nitrogens is 3. The topological polar surface area (TPSA) is 80.6 Å². The summed E-state index contributed by atoms with van der Waals surface area (Å²) in [5, 5.41) is 8.81. The molecule has 0 aromatic carbocycles. The summed E-state index contributed by atoms with van der Waals surface area (Å²) in [6, 6.07) is 5.81. The normalized spacial score (nSPS) is 15.3. The average Bonchev–Trinajstić information content (AvgIpc) is 2.61. The van der Waals surface area contributed by atoms with Crippen molar-refractivity contribution in [2.45, 2.75) is 25.9 Å². The van der Waals surface area contributed by atoms with E-state index in [0.717, 1.165) is 37.4 Å². The Morgan fingerprint density at radius 2 is 2.00 bits per heavy atom. The molecule has 2 aromatic rings. The molecule has 1 saturated heterocycles. The third-order valence-corrected chi connectivity index (χ3v) is 3.86. The number of ether oxygens (including phenoxy) is 2. The van der Waals surface area contributed by atoms with Crippen LogP contribution in [0.1, 0.15) is 18.5 Å². The van der Waals surface area contributed by atoms with Crippen LogP contribution in [0.15, 0.2) is 30.6 Å². The molecule has 1 aliphatic heterocycles. The van der Waals surface area contributed by atoms with E-state index >= 15 is 0 Å². The first kappa shape index (κ1) is 16.4. The molecule has 7 nitrogen and oxygen atoms in total. The number of rotatable bonds is 6. The van der Waals surface area contributed by atoms with Crippen molar-refractivity contribution in [2.75, 3.05) is 31.2 Å². The van der Waals surface area contributed by atoms with Gasteiger partial charge in [0.25, 0.3) is 0 Å². The van der Waals surface area contributed by atoms with Gasteiger partial charge in [-0.25, -0.2) is 4.98 Å². The lowest BCUT2D eigenvalue weighted by Gasteiger charge is -2.32. The van der Waals surface area contributed by atoms with Gasteiger partial charge in [0.1, 0.15) is 12.7 Å². The lowest BCUT2D eigenvalue weighted by Crippen LogP contribution is -2.38. The summed E-state index contributed by atoms with van der Waals surface area (Å²) in [6.45, 7) is 3.82. The fourth-order valence-electron chi connectivity index (χ4n) is 2.67. The molecule has 0 saturated carbocycles. The fraction of sp³-hybridized carbons (Fsp3) is 0.471. The molecule has 3 heterocycles. The zero-order valence-electron chi connectivity index (χ0n) is 13.8. The van der Waals surface area contributed by atoms with Crippen LogP contribution < -0.4 is 14.4 Å². The number of anilines is 1. The van der Waals surface area contributed by atoms with Gasteiger partial charge >= 0.3 is 0 Å². The van der Waals surface area contributed by atoms with Crippen molar-refractivity contribution < 1.29 is 14.6 Å². The molecule has 3 rings (SSSR count). The molecule has 0 atom stereocenters. The minimum Gasteiger partial charge on any atom is -0.474 e. The maximum atomic E-state index is 8.81. The molecule has 0 amide bonds. The minimum atomic E-state index is -0.0400. The molecule has 0 unspecified atom stereocenters. The van der Waals surface area contributed by atoms with Crippen LogP contribution in [0.3, 0.4) is 0 Å². The molecule has 0 spiro atoms. The van der Waals surface area contributed by atoms with E-state index in [0.29, 0.717) is 11.8 Å². The second kappa shape index (κ2) is 7.92. The van der Waals surface area contributed by atoms with Crippen molar-refractivity contribution in [3.8, 4) is 11.8 Å². The highest BCUT2D eigenvalue weighted by Gasteiger charge is 2.22. The molecular formula is C17H22N4O3. The quantitative estimate of drug-likeness (QED) is 0.861. The van der Waals surface area contributed by atoms with Crippen LogP contribution in [0.4, 0.5) is 5.82 Å². The number of piperidine rings is 1. The zero-order chi connectivity index (χ0) is 16.8. The molecule has 0 radical (unpaired) electrons. The monoisotopic (exact) mass is 330 g/mol. The van der Waals surface area contributed by atoms with Crippen LogP contribution in [0.5, 0.6) is 11.8 Å². The number of aliphatic hydroxyl groups is 1. The standard InChI is InChI=1S/C17H22N4O3/c1-13-3-2-4-16(19-13)24-14-5-7-21(8-6-14)15-11-18-12-17(20-15)23-10-9-22/h2-4,11-12,14,22H,5-10H2,1H3. The highest BCUT2D eigenvalue weighted by molar-refractivity contribution is 5.38. The third-order valence-electron chi connectivity index (χ3n) is 3.86. The number of pyridine rings is 1. The van der Waals surface area contributed by atoms with Crippen molar-refractivity contribution in [3.05, 3.63) is 36.3 Å². The van der Waals surface area contributed by atoms with E-state index in [-0.39, 0.29) is 19.3 Å². The number of aryl methyl sites for hydroxylation is 1. The zero-order valence-corrected chi connectivity index (χ0v) is 13.8. The summed E-state index contributed by atoms with van der Waals surface area (Å²) in [6.07, 6.45) is 5.25. The maximum Gasteiger partial charge on any atom is 0.234 e. The molecule has 0 bridgehead atoms. The van der Waals surface area contributed by atoms with E-state index < -0.39 is 0 Å². The summed E-state index contributed by atoms with van der Waals surface area (Å²) in [5.41, 5.74) is 0.958. The van der Waals surface area contributed by atoms with Crippen LogP contribution >= 0.6 is 0 Å². The fourth-order valence-corrected chi connectivity index (χ4v) is 2.67. The van der Waals surface area contributed by atoms with E-state index in [4.69, 9.17) is 14.6 Å².